The number of ether oxygens (including phenoxy) is 2. The Labute approximate surface area is 180 Å². The zero-order valence-electron chi connectivity index (χ0n) is 17.9. The number of morpholine rings is 1. The normalized spacial score (nSPS) is 19.9. The summed E-state index contributed by atoms with van der Waals surface area (Å²) < 4.78 is 13.2. The number of anilines is 2. The summed E-state index contributed by atoms with van der Waals surface area (Å²) in [6, 6.07) is 5.85. The number of rotatable bonds is 3. The lowest BCUT2D eigenvalue weighted by Gasteiger charge is -2.34. The minimum atomic E-state index is -0.229. The number of benzene rings is 1. The molecule has 1 amide bonds. The predicted octanol–water partition coefficient (Wildman–Crippen LogP) is 2.14. The molecule has 0 bridgehead atoms. The first-order valence-electron chi connectivity index (χ1n) is 10.3. The van der Waals surface area contributed by atoms with Crippen LogP contribution in [-0.2, 0) is 11.2 Å². The first kappa shape index (κ1) is 21.1. The molecule has 2 aromatic heterocycles. The lowest BCUT2D eigenvalue weighted by atomic mass is 10.1. The van der Waals surface area contributed by atoms with E-state index in [0.29, 0.717) is 17.8 Å². The molecule has 2 atom stereocenters. The number of aliphatic hydroxyl groups excluding tert-OH is 1. The van der Waals surface area contributed by atoms with Gasteiger partial charge in [-0.25, -0.2) is 9.50 Å². The van der Waals surface area contributed by atoms with E-state index in [1.54, 1.807) is 29.2 Å². The van der Waals surface area contributed by atoms with Gasteiger partial charge in [-0.15, -0.1) is 0 Å². The molecule has 0 aliphatic carbocycles. The monoisotopic (exact) mass is 425 g/mol. The molecule has 4 heterocycles. The highest BCUT2D eigenvalue weighted by Crippen LogP contribution is 2.39. The third-order valence-electron chi connectivity index (χ3n) is 5.37. The fourth-order valence-electron chi connectivity index (χ4n) is 4.03. The van der Waals surface area contributed by atoms with Crippen molar-refractivity contribution >= 4 is 22.9 Å². The zero-order chi connectivity index (χ0) is 22.0. The highest BCUT2D eigenvalue weighted by Gasteiger charge is 2.27. The van der Waals surface area contributed by atoms with Crippen molar-refractivity contribution in [2.45, 2.75) is 32.5 Å². The topological polar surface area (TPSA) is 101 Å². The summed E-state index contributed by atoms with van der Waals surface area (Å²) in [6.07, 6.45) is 6.07. The summed E-state index contributed by atoms with van der Waals surface area (Å²) in [4.78, 5) is 19.6. The van der Waals surface area contributed by atoms with Crippen molar-refractivity contribution in [3.63, 3.8) is 0 Å². The molecule has 1 fully saturated rings. The van der Waals surface area contributed by atoms with Crippen LogP contribution in [0.3, 0.4) is 0 Å². The number of aromatic nitrogens is 3. The van der Waals surface area contributed by atoms with Gasteiger partial charge in [0, 0.05) is 50.6 Å². The second-order valence-electron chi connectivity index (χ2n) is 7.64. The van der Waals surface area contributed by atoms with Crippen LogP contribution in [0.4, 0.5) is 11.4 Å². The van der Waals surface area contributed by atoms with Gasteiger partial charge < -0.3 is 24.8 Å². The number of nitrogens with one attached hydrogen (secondary N) is 1. The van der Waals surface area contributed by atoms with Crippen LogP contribution in [0.25, 0.3) is 5.65 Å². The van der Waals surface area contributed by atoms with Crippen LogP contribution in [-0.4, -0.2) is 64.6 Å². The summed E-state index contributed by atoms with van der Waals surface area (Å²) in [5, 5.41) is 14.3. The second kappa shape index (κ2) is 8.91. The van der Waals surface area contributed by atoms with Crippen LogP contribution in [0.2, 0.25) is 0 Å². The van der Waals surface area contributed by atoms with Crippen LogP contribution < -0.4 is 15.0 Å². The third-order valence-corrected chi connectivity index (χ3v) is 5.37. The van der Waals surface area contributed by atoms with Gasteiger partial charge in [0.05, 0.1) is 30.3 Å². The molecule has 2 aliphatic heterocycles. The molecule has 9 nitrogen and oxygen atoms in total. The molecule has 0 spiro atoms. The molecular formula is C22H27N5O4. The fourth-order valence-corrected chi connectivity index (χ4v) is 4.03. The molecule has 9 heteroatoms. The third kappa shape index (κ3) is 4.19. The van der Waals surface area contributed by atoms with Crippen molar-refractivity contribution in [2.24, 2.45) is 0 Å². The first-order valence-corrected chi connectivity index (χ1v) is 10.3. The van der Waals surface area contributed by atoms with E-state index < -0.39 is 0 Å². The maximum absolute atomic E-state index is 13.1. The van der Waals surface area contributed by atoms with E-state index in [0.717, 1.165) is 49.3 Å². The lowest BCUT2D eigenvalue weighted by Crippen LogP contribution is -2.41. The van der Waals surface area contributed by atoms with Crippen molar-refractivity contribution in [3.05, 3.63) is 47.9 Å². The van der Waals surface area contributed by atoms with Crippen LogP contribution >= 0.6 is 0 Å². The summed E-state index contributed by atoms with van der Waals surface area (Å²) in [7, 11) is 1.00. The van der Waals surface area contributed by atoms with Gasteiger partial charge in [-0.1, -0.05) is 0 Å². The van der Waals surface area contributed by atoms with E-state index in [-0.39, 0.29) is 18.1 Å². The van der Waals surface area contributed by atoms with Crippen LogP contribution in [0.15, 0.2) is 36.8 Å². The van der Waals surface area contributed by atoms with Gasteiger partial charge >= 0.3 is 0 Å². The molecule has 31 heavy (non-hydrogen) atoms. The highest BCUT2D eigenvalue weighted by atomic mass is 16.5. The van der Waals surface area contributed by atoms with Crippen LogP contribution in [0.5, 0.6) is 5.75 Å². The number of amides is 1. The van der Waals surface area contributed by atoms with E-state index in [1.807, 2.05) is 12.1 Å². The van der Waals surface area contributed by atoms with Crippen molar-refractivity contribution in [1.29, 1.82) is 0 Å². The Morgan fingerprint density at radius 1 is 1.26 bits per heavy atom. The number of aliphatic hydroxyl groups is 1. The maximum atomic E-state index is 13.1. The average molecular weight is 425 g/mol. The Morgan fingerprint density at radius 2 is 2.10 bits per heavy atom. The summed E-state index contributed by atoms with van der Waals surface area (Å²) in [5.74, 6) is 0.662. The Hall–Kier alpha value is -3.17. The number of carbonyl (C=O) groups excluding carboxylic acids is 1. The van der Waals surface area contributed by atoms with Crippen molar-refractivity contribution in [2.75, 3.05) is 37.0 Å². The zero-order valence-corrected chi connectivity index (χ0v) is 17.9. The smallest absolute Gasteiger partial charge is 0.261 e. The molecule has 5 rings (SSSR count). The fraction of sp³-hybridized carbons (Fsp3) is 0.409. The molecule has 0 radical (unpaired) electrons. The van der Waals surface area contributed by atoms with E-state index >= 15 is 0 Å². The molecule has 3 aromatic rings. The van der Waals surface area contributed by atoms with Gasteiger partial charge in [-0.05, 0) is 26.0 Å². The Morgan fingerprint density at radius 3 is 2.90 bits per heavy atom. The number of fused-ring (bicyclic) bond motifs is 2. The van der Waals surface area contributed by atoms with Gasteiger partial charge in [0.2, 0.25) is 0 Å². The average Bonchev–Trinajstić information content (AvgIpc) is 3.37. The molecule has 1 saturated heterocycles. The molecule has 2 N–H and O–H groups in total. The van der Waals surface area contributed by atoms with Crippen LogP contribution in [0.1, 0.15) is 29.8 Å². The summed E-state index contributed by atoms with van der Waals surface area (Å²) in [6.45, 7) is 6.29. The van der Waals surface area contributed by atoms with Gasteiger partial charge in [-0.2, -0.15) is 5.10 Å². The number of nitrogens with zero attached hydrogens (tertiary/aromatic N) is 4. The molecule has 1 unspecified atom stereocenters. The highest BCUT2D eigenvalue weighted by molar-refractivity contribution is 6.09. The Balaban J connectivity index is 0.00000112. The van der Waals surface area contributed by atoms with Gasteiger partial charge in [0.25, 0.3) is 5.91 Å². The van der Waals surface area contributed by atoms with Crippen molar-refractivity contribution in [3.8, 4) is 5.75 Å². The number of hydrogen-bond donors (Lipinski definition) is 2. The Bertz CT molecular complexity index is 1080. The summed E-state index contributed by atoms with van der Waals surface area (Å²) >= 11 is 0. The summed E-state index contributed by atoms with van der Waals surface area (Å²) in [5.41, 5.74) is 3.80. The molecular weight excluding hydrogens is 398 g/mol. The van der Waals surface area contributed by atoms with E-state index in [9.17, 15) is 4.79 Å². The van der Waals surface area contributed by atoms with E-state index in [4.69, 9.17) is 14.6 Å². The minimum Gasteiger partial charge on any atom is -0.490 e. The van der Waals surface area contributed by atoms with Gasteiger partial charge in [0.1, 0.15) is 17.4 Å². The quantitative estimate of drug-likeness (QED) is 0.663. The minimum absolute atomic E-state index is 0.129. The lowest BCUT2D eigenvalue weighted by molar-refractivity contribution is 0.0532. The number of hydrogen-bond acceptors (Lipinski definition) is 7. The van der Waals surface area contributed by atoms with Gasteiger partial charge in [0.15, 0.2) is 5.65 Å². The SMILES string of the molecule is CC1Cc2cc(NC(=O)c3cnn4cccnc34)c(N3CCO[C@@H](C)C3)cc2O1.CO. The Kier molecular flexibility index (Phi) is 6.06. The molecule has 2 aliphatic rings. The molecule has 1 aromatic carbocycles. The van der Waals surface area contributed by atoms with Gasteiger partial charge in [-0.3, -0.25) is 4.79 Å². The largest absolute Gasteiger partial charge is 0.490 e. The maximum Gasteiger partial charge on any atom is 0.261 e. The first-order chi connectivity index (χ1) is 15.1. The number of carbonyl (C=O) groups is 1. The van der Waals surface area contributed by atoms with E-state index in [2.05, 4.69) is 34.1 Å². The standard InChI is InChI=1S/C21H23N5O3.CH4O/c1-13-8-15-9-17(18(10-19(15)29-13)25-6-7-28-14(2)12-25)24-21(27)16-11-23-26-5-3-4-22-20(16)26;1-2/h3-5,9-11,13-14H,6-8,12H2,1-2H3,(H,24,27);2H,1H3/t13?,14-;/m0./s1. The van der Waals surface area contributed by atoms with E-state index in [1.165, 1.54) is 0 Å². The van der Waals surface area contributed by atoms with Crippen molar-refractivity contribution in [1.82, 2.24) is 14.6 Å². The second-order valence-corrected chi connectivity index (χ2v) is 7.64. The van der Waals surface area contributed by atoms with Crippen molar-refractivity contribution < 1.29 is 19.4 Å². The van der Waals surface area contributed by atoms with Crippen LogP contribution in [0, 0.1) is 0 Å². The predicted molar refractivity (Wildman–Crippen MR) is 117 cm³/mol. The molecule has 164 valence electrons. The molecule has 0 saturated carbocycles.